The van der Waals surface area contributed by atoms with E-state index in [1.54, 1.807) is 24.3 Å². The smallest absolute Gasteiger partial charge is 0.294 e. The third kappa shape index (κ3) is 5.01. The molecule has 0 bridgehead atoms. The molecular weight excluding hydrogens is 404 g/mol. The van der Waals surface area contributed by atoms with Crippen LogP contribution < -0.4 is 14.8 Å². The predicted molar refractivity (Wildman–Crippen MR) is 115 cm³/mol. The third-order valence-electron chi connectivity index (χ3n) is 4.51. The van der Waals surface area contributed by atoms with Crippen molar-refractivity contribution in [2.24, 2.45) is 0 Å². The molecule has 2 aromatic rings. The van der Waals surface area contributed by atoms with E-state index in [0.29, 0.717) is 23.6 Å². The molecule has 2 aromatic carbocycles. The first-order valence-electron chi connectivity index (χ1n) is 9.21. The Kier molecular flexibility index (Phi) is 6.79. The van der Waals surface area contributed by atoms with Crippen LogP contribution in [0.2, 0.25) is 0 Å². The molecular formula is C22H22N2O5S. The lowest BCUT2D eigenvalue weighted by atomic mass is 10.1. The number of ether oxygens (including phenoxy) is 2. The summed E-state index contributed by atoms with van der Waals surface area (Å²) >= 11 is 0.789. The lowest BCUT2D eigenvalue weighted by molar-refractivity contribution is -0.129. The average molecular weight is 426 g/mol. The SMILES string of the molecule is COc1ccc(OC)c(/C=C2\SC(=O)N(CC(=O)NCc3ccc(C)cc3)C2=O)c1. The fourth-order valence-corrected chi connectivity index (χ4v) is 3.66. The van der Waals surface area contributed by atoms with Gasteiger partial charge < -0.3 is 14.8 Å². The Morgan fingerprint density at radius 1 is 1.10 bits per heavy atom. The number of carbonyl (C=O) groups excluding carboxylic acids is 3. The number of imide groups is 1. The minimum Gasteiger partial charge on any atom is -0.497 e. The summed E-state index contributed by atoms with van der Waals surface area (Å²) in [6.07, 6.45) is 1.57. The first-order chi connectivity index (χ1) is 14.4. The maximum Gasteiger partial charge on any atom is 0.294 e. The van der Waals surface area contributed by atoms with Gasteiger partial charge in [0.05, 0.1) is 19.1 Å². The third-order valence-corrected chi connectivity index (χ3v) is 5.42. The molecule has 0 atom stereocenters. The van der Waals surface area contributed by atoms with E-state index in [0.717, 1.165) is 27.8 Å². The van der Waals surface area contributed by atoms with Gasteiger partial charge in [0, 0.05) is 12.1 Å². The number of amides is 3. The van der Waals surface area contributed by atoms with E-state index in [1.165, 1.54) is 14.2 Å². The second-order valence-electron chi connectivity index (χ2n) is 6.64. The van der Waals surface area contributed by atoms with Crippen molar-refractivity contribution in [1.82, 2.24) is 10.2 Å². The van der Waals surface area contributed by atoms with Gasteiger partial charge in [0.15, 0.2) is 0 Å². The van der Waals surface area contributed by atoms with Crippen LogP contribution >= 0.6 is 11.8 Å². The zero-order valence-electron chi connectivity index (χ0n) is 16.9. The number of nitrogens with zero attached hydrogens (tertiary/aromatic N) is 1. The molecule has 1 aliphatic rings. The maximum atomic E-state index is 12.7. The monoisotopic (exact) mass is 426 g/mol. The molecule has 3 rings (SSSR count). The summed E-state index contributed by atoms with van der Waals surface area (Å²) in [5.41, 5.74) is 2.67. The molecule has 1 aliphatic heterocycles. The van der Waals surface area contributed by atoms with E-state index >= 15 is 0 Å². The number of carbonyl (C=O) groups is 3. The number of nitrogens with one attached hydrogen (secondary N) is 1. The van der Waals surface area contributed by atoms with Gasteiger partial charge in [0.25, 0.3) is 11.1 Å². The van der Waals surface area contributed by atoms with Gasteiger partial charge in [-0.15, -0.1) is 0 Å². The minimum absolute atomic E-state index is 0.220. The molecule has 3 amide bonds. The van der Waals surface area contributed by atoms with Gasteiger partial charge in [-0.3, -0.25) is 19.3 Å². The highest BCUT2D eigenvalue weighted by atomic mass is 32.2. The topological polar surface area (TPSA) is 84.9 Å². The molecule has 1 heterocycles. The quantitative estimate of drug-likeness (QED) is 0.684. The highest BCUT2D eigenvalue weighted by molar-refractivity contribution is 8.18. The van der Waals surface area contributed by atoms with Crippen molar-refractivity contribution in [3.63, 3.8) is 0 Å². The van der Waals surface area contributed by atoms with Crippen molar-refractivity contribution in [1.29, 1.82) is 0 Å². The van der Waals surface area contributed by atoms with Crippen LogP contribution in [0.4, 0.5) is 4.79 Å². The lowest BCUT2D eigenvalue weighted by Gasteiger charge is -2.12. The van der Waals surface area contributed by atoms with Gasteiger partial charge in [0.1, 0.15) is 18.0 Å². The Labute approximate surface area is 179 Å². The molecule has 0 radical (unpaired) electrons. The zero-order chi connectivity index (χ0) is 21.7. The molecule has 30 heavy (non-hydrogen) atoms. The lowest BCUT2D eigenvalue weighted by Crippen LogP contribution is -2.39. The van der Waals surface area contributed by atoms with Crippen LogP contribution in [0, 0.1) is 6.92 Å². The molecule has 0 aliphatic carbocycles. The summed E-state index contributed by atoms with van der Waals surface area (Å²) in [6.45, 7) is 1.98. The van der Waals surface area contributed by atoms with Gasteiger partial charge in [-0.1, -0.05) is 29.8 Å². The first kappa shape index (κ1) is 21.4. The standard InChI is InChI=1S/C22H22N2O5S/c1-14-4-6-15(7-5-14)12-23-20(25)13-24-21(26)19(30-22(24)27)11-16-10-17(28-2)8-9-18(16)29-3/h4-11H,12-13H2,1-3H3,(H,23,25)/b19-11-. The van der Waals surface area contributed by atoms with Crippen LogP contribution in [0.1, 0.15) is 16.7 Å². The van der Waals surface area contributed by atoms with Gasteiger partial charge in [-0.05, 0) is 48.5 Å². The molecule has 0 unspecified atom stereocenters. The molecule has 0 aromatic heterocycles. The fraction of sp³-hybridized carbons (Fsp3) is 0.227. The number of methoxy groups -OCH3 is 2. The Morgan fingerprint density at radius 2 is 1.83 bits per heavy atom. The molecule has 156 valence electrons. The van der Waals surface area contributed by atoms with Crippen LogP contribution in [0.5, 0.6) is 11.5 Å². The van der Waals surface area contributed by atoms with E-state index in [4.69, 9.17) is 9.47 Å². The highest BCUT2D eigenvalue weighted by Crippen LogP contribution is 2.34. The second-order valence-corrected chi connectivity index (χ2v) is 7.63. The van der Waals surface area contributed by atoms with Crippen molar-refractivity contribution in [2.75, 3.05) is 20.8 Å². The summed E-state index contributed by atoms with van der Waals surface area (Å²) in [5.74, 6) is 0.216. The van der Waals surface area contributed by atoms with E-state index in [1.807, 2.05) is 31.2 Å². The van der Waals surface area contributed by atoms with Crippen LogP contribution in [0.25, 0.3) is 6.08 Å². The van der Waals surface area contributed by atoms with Gasteiger partial charge in [-0.2, -0.15) is 0 Å². The number of thioether (sulfide) groups is 1. The van der Waals surface area contributed by atoms with Gasteiger partial charge >= 0.3 is 0 Å². The van der Waals surface area contributed by atoms with Crippen molar-refractivity contribution in [3.8, 4) is 11.5 Å². The predicted octanol–water partition coefficient (Wildman–Crippen LogP) is 3.36. The summed E-state index contributed by atoms with van der Waals surface area (Å²) in [6, 6.07) is 12.9. The number of hydrogen-bond donors (Lipinski definition) is 1. The van der Waals surface area contributed by atoms with Crippen LogP contribution in [-0.4, -0.2) is 42.7 Å². The van der Waals surface area contributed by atoms with E-state index in [2.05, 4.69) is 5.32 Å². The summed E-state index contributed by atoms with van der Waals surface area (Å²) < 4.78 is 10.5. The van der Waals surface area contributed by atoms with E-state index in [9.17, 15) is 14.4 Å². The van der Waals surface area contributed by atoms with Crippen LogP contribution in [0.3, 0.4) is 0 Å². The van der Waals surface area contributed by atoms with Gasteiger partial charge in [-0.25, -0.2) is 0 Å². The molecule has 1 N–H and O–H groups in total. The van der Waals surface area contributed by atoms with Crippen molar-refractivity contribution < 1.29 is 23.9 Å². The number of hydrogen-bond acceptors (Lipinski definition) is 6. The number of aryl methyl sites for hydroxylation is 1. The molecule has 8 heteroatoms. The van der Waals surface area contributed by atoms with E-state index < -0.39 is 17.1 Å². The molecule has 7 nitrogen and oxygen atoms in total. The van der Waals surface area contributed by atoms with Crippen LogP contribution in [0.15, 0.2) is 47.4 Å². The Hall–Kier alpha value is -3.26. The average Bonchev–Trinajstić information content (AvgIpc) is 3.00. The number of rotatable bonds is 7. The molecule has 1 fully saturated rings. The largest absolute Gasteiger partial charge is 0.497 e. The summed E-state index contributed by atoms with van der Waals surface area (Å²) in [5, 5.41) is 2.25. The van der Waals surface area contributed by atoms with Gasteiger partial charge in [0.2, 0.25) is 5.91 Å². The van der Waals surface area contributed by atoms with Crippen molar-refractivity contribution in [2.45, 2.75) is 13.5 Å². The summed E-state index contributed by atoms with van der Waals surface area (Å²) in [7, 11) is 3.05. The normalized spacial score (nSPS) is 14.9. The Balaban J connectivity index is 1.68. The zero-order valence-corrected chi connectivity index (χ0v) is 17.7. The minimum atomic E-state index is -0.514. The van der Waals surface area contributed by atoms with E-state index in [-0.39, 0.29) is 11.4 Å². The Morgan fingerprint density at radius 3 is 2.50 bits per heavy atom. The molecule has 0 saturated carbocycles. The summed E-state index contributed by atoms with van der Waals surface area (Å²) in [4.78, 5) is 38.4. The van der Waals surface area contributed by atoms with Crippen molar-refractivity contribution >= 4 is 34.9 Å². The molecule has 0 spiro atoms. The van der Waals surface area contributed by atoms with Crippen LogP contribution in [-0.2, 0) is 16.1 Å². The maximum absolute atomic E-state index is 12.7. The first-order valence-corrected chi connectivity index (χ1v) is 10.0. The second kappa shape index (κ2) is 9.49. The fourth-order valence-electron chi connectivity index (χ4n) is 2.84. The number of benzene rings is 2. The highest BCUT2D eigenvalue weighted by Gasteiger charge is 2.36. The van der Waals surface area contributed by atoms with Crippen molar-refractivity contribution in [3.05, 3.63) is 64.1 Å². The molecule has 1 saturated heterocycles. The Bertz CT molecular complexity index is 1000.